The molecule has 0 saturated heterocycles. The Balaban J connectivity index is 1.58. The second-order valence-corrected chi connectivity index (χ2v) is 14.5. The predicted octanol–water partition coefficient (Wildman–Crippen LogP) is 4.83. The van der Waals surface area contributed by atoms with E-state index in [2.05, 4.69) is 43.1 Å². The summed E-state index contributed by atoms with van der Waals surface area (Å²) in [6.45, 7) is 4.66. The van der Waals surface area contributed by atoms with Crippen LogP contribution in [0.1, 0.15) is 41.3 Å². The highest BCUT2D eigenvalue weighted by atomic mass is 16.6. The van der Waals surface area contributed by atoms with Crippen molar-refractivity contribution in [3.8, 4) is 34.5 Å². The van der Waals surface area contributed by atoms with E-state index in [0.29, 0.717) is 16.9 Å². The highest BCUT2D eigenvalue weighted by Gasteiger charge is 2.36. The lowest BCUT2D eigenvalue weighted by atomic mass is 9.99. The van der Waals surface area contributed by atoms with Gasteiger partial charge in [0.25, 0.3) is 0 Å². The molecule has 4 aliphatic heterocycles. The van der Waals surface area contributed by atoms with Gasteiger partial charge in [0.05, 0.1) is 21.3 Å². The van der Waals surface area contributed by atoms with Gasteiger partial charge in [0.2, 0.25) is 51.7 Å². The lowest BCUT2D eigenvalue weighted by Crippen LogP contribution is -2.55. The second kappa shape index (κ2) is 20.4. The van der Waals surface area contributed by atoms with E-state index >= 15 is 0 Å². The van der Waals surface area contributed by atoms with Crippen LogP contribution in [0, 0.1) is 10.8 Å². The van der Waals surface area contributed by atoms with E-state index in [1.165, 1.54) is 81.8 Å². The molecule has 4 heterocycles. The largest absolute Gasteiger partial charge is 0.497 e. The molecule has 334 valence electrons. The third-order valence-electron chi connectivity index (χ3n) is 10.2. The van der Waals surface area contributed by atoms with Gasteiger partial charge in [0, 0.05) is 25.0 Å². The number of rotatable bonds is 7. The van der Waals surface area contributed by atoms with E-state index in [9.17, 15) is 39.6 Å². The van der Waals surface area contributed by atoms with Crippen LogP contribution in [0.2, 0.25) is 0 Å². The zero-order chi connectivity index (χ0) is 46.8. The van der Waals surface area contributed by atoms with Gasteiger partial charge in [0.1, 0.15) is 42.6 Å². The molecule has 0 saturated carbocycles. The first kappa shape index (κ1) is 45.8. The standard InChI is InChI=1S/C44H41N9O12/c1-6-15-63-44(59)49-30-18-23-7-13-32(28(16-23)52-45)64-34-20-26-21-35(38(34)61-4)65-33-14-8-24(17-29(33)53-46)19-31(43(58)62-5)48-41(56)36(25-9-11-27(60-3)12-10-25)51-42(57)37(26)50-39(54)22(2)47-40(30)55/h6-14,16-17,20-22,30-31,36-37H,1,15,18-19H2,2-5H3,(H3-2,47,48,49,50,51,54,55,56,57,59)/p+2/t22-,30-,31-,36-,37+/m1/s1. The number of carbonyl (C=O) groups is 6. The molecule has 0 fully saturated rings. The summed E-state index contributed by atoms with van der Waals surface area (Å²) in [6.07, 6.45) is -0.0196. The topological polar surface area (TPSA) is 274 Å². The van der Waals surface area contributed by atoms with Crippen molar-refractivity contribution in [3.05, 3.63) is 118 Å². The number of hydrogen-bond donors (Lipinski definition) is 5. The van der Waals surface area contributed by atoms with Crippen LogP contribution >= 0.6 is 0 Å². The Bertz CT molecular complexity index is 2630. The van der Waals surface area contributed by atoms with E-state index in [1.54, 1.807) is 18.2 Å². The van der Waals surface area contributed by atoms with Crippen LogP contribution in [0.4, 0.5) is 16.2 Å². The normalized spacial score (nSPS) is 19.6. The van der Waals surface area contributed by atoms with Gasteiger partial charge in [-0.2, -0.15) is 0 Å². The van der Waals surface area contributed by atoms with Crippen molar-refractivity contribution in [2.45, 2.75) is 50.0 Å². The Kier molecular flexibility index (Phi) is 14.4. The van der Waals surface area contributed by atoms with Gasteiger partial charge in [-0.05, 0) is 65.6 Å². The van der Waals surface area contributed by atoms with Gasteiger partial charge in [-0.25, -0.2) is 9.59 Å². The lowest BCUT2D eigenvalue weighted by Gasteiger charge is -2.27. The summed E-state index contributed by atoms with van der Waals surface area (Å²) in [5.74, 6) is -4.54. The number of nitrogens with zero attached hydrogens (tertiary/aromatic N) is 4. The van der Waals surface area contributed by atoms with Crippen molar-refractivity contribution in [2.75, 3.05) is 27.9 Å². The monoisotopic (exact) mass is 889 g/mol. The van der Waals surface area contributed by atoms with E-state index in [0.717, 1.165) is 7.11 Å². The number of diazo groups is 2. The molecular weight excluding hydrogens is 847 g/mol. The Morgan fingerprint density at radius 2 is 1.29 bits per heavy atom. The predicted molar refractivity (Wildman–Crippen MR) is 228 cm³/mol. The molecule has 0 radical (unpaired) electrons. The number of ether oxygens (including phenoxy) is 6. The van der Waals surface area contributed by atoms with Gasteiger partial charge in [-0.15, -0.1) is 0 Å². The summed E-state index contributed by atoms with van der Waals surface area (Å²) in [6, 6.07) is 10.1. The smallest absolute Gasteiger partial charge is 0.427 e. The molecule has 7 bridgehead atoms. The molecule has 4 aliphatic rings. The van der Waals surface area contributed by atoms with Crippen molar-refractivity contribution in [2.24, 2.45) is 0 Å². The van der Waals surface area contributed by atoms with Crippen molar-refractivity contribution in [3.63, 3.8) is 0 Å². The molecule has 0 unspecified atom stereocenters. The van der Waals surface area contributed by atoms with Gasteiger partial charge >= 0.3 is 23.4 Å². The van der Waals surface area contributed by atoms with Crippen LogP contribution in [-0.2, 0) is 46.3 Å². The third-order valence-corrected chi connectivity index (χ3v) is 10.2. The minimum absolute atomic E-state index is 0.0524. The van der Waals surface area contributed by atoms with Crippen LogP contribution in [0.5, 0.6) is 34.5 Å². The molecule has 5 amide bonds. The van der Waals surface area contributed by atoms with Gasteiger partial charge in [-0.1, -0.05) is 36.9 Å². The molecule has 21 nitrogen and oxygen atoms in total. The number of hydrogen-bond acceptors (Lipinski definition) is 14. The zero-order valence-corrected chi connectivity index (χ0v) is 35.4. The van der Waals surface area contributed by atoms with Crippen molar-refractivity contribution in [1.29, 1.82) is 10.8 Å². The van der Waals surface area contributed by atoms with Crippen LogP contribution < -0.4 is 45.5 Å². The molecule has 0 aromatic heterocycles. The fourth-order valence-electron chi connectivity index (χ4n) is 6.92. The number of alkyl carbamates (subject to hydrolysis) is 1. The van der Waals surface area contributed by atoms with Crippen LogP contribution in [0.15, 0.2) is 85.5 Å². The summed E-state index contributed by atoms with van der Waals surface area (Å²) in [4.78, 5) is 89.8. The van der Waals surface area contributed by atoms with Gasteiger partial charge < -0.3 is 55.0 Å². The minimum atomic E-state index is -1.75. The first-order valence-electron chi connectivity index (χ1n) is 19.8. The fraction of sp³-hybridized carbons (Fsp3) is 0.273. The number of amides is 5. The molecule has 5 atom stereocenters. The molecule has 4 aromatic rings. The van der Waals surface area contributed by atoms with Crippen LogP contribution in [0.3, 0.4) is 0 Å². The first-order chi connectivity index (χ1) is 31.3. The number of carbonyl (C=O) groups excluding carboxylic acids is 6. The molecule has 8 rings (SSSR count). The summed E-state index contributed by atoms with van der Waals surface area (Å²) in [5.41, 5.74) is 0.686. The van der Waals surface area contributed by atoms with E-state index in [-0.39, 0.29) is 70.7 Å². The van der Waals surface area contributed by atoms with Gasteiger partial charge in [0.15, 0.2) is 21.5 Å². The Labute approximate surface area is 371 Å². The number of benzene rings is 4. The Morgan fingerprint density at radius 1 is 0.723 bits per heavy atom. The molecule has 4 aromatic carbocycles. The summed E-state index contributed by atoms with van der Waals surface area (Å²) < 4.78 is 33.7. The van der Waals surface area contributed by atoms with E-state index in [4.69, 9.17) is 28.4 Å². The third kappa shape index (κ3) is 10.7. The van der Waals surface area contributed by atoms with Gasteiger partial charge in [-0.3, -0.25) is 19.2 Å². The minimum Gasteiger partial charge on any atom is -0.497 e. The maximum Gasteiger partial charge on any atom is 0.427 e. The number of methoxy groups -OCH3 is 3. The second-order valence-electron chi connectivity index (χ2n) is 14.5. The molecular formula is C44H43N9O12+2. The fourth-order valence-corrected chi connectivity index (χ4v) is 6.92. The van der Waals surface area contributed by atoms with E-state index < -0.39 is 65.9 Å². The number of fused-ring (bicyclic) bond motifs is 16. The van der Waals surface area contributed by atoms with Crippen LogP contribution in [0.25, 0.3) is 9.95 Å². The highest BCUT2D eigenvalue weighted by molar-refractivity contribution is 5.97. The van der Waals surface area contributed by atoms with E-state index in [1.807, 2.05) is 0 Å². The summed E-state index contributed by atoms with van der Waals surface area (Å²) >= 11 is 0. The maximum atomic E-state index is 14.9. The number of esters is 1. The molecule has 5 N–H and O–H groups in total. The quantitative estimate of drug-likeness (QED) is 0.0945. The lowest BCUT2D eigenvalue weighted by molar-refractivity contribution is -0.145. The average molecular weight is 890 g/mol. The molecule has 21 heteroatoms. The Morgan fingerprint density at radius 3 is 1.85 bits per heavy atom. The Hall–Kier alpha value is -8.72. The SMILES string of the molecule is C=CCOC(=O)N[C@@H]1Cc2ccc(c([N+]#N)c2)Oc2cc3cc(c2OC)Oc2ccc(cc2[N+]#N)C[C@H](C(=O)OC)NC(=O)[C@@H](c2ccc(OC)cc2)NC(=O)[C@H]3NC(=O)[C@@H](C)NC1=O. The zero-order valence-electron chi connectivity index (χ0n) is 35.4. The van der Waals surface area contributed by atoms with Crippen molar-refractivity contribution < 1.29 is 57.2 Å². The average Bonchev–Trinajstić information content (AvgIpc) is 3.30. The first-order valence-corrected chi connectivity index (χ1v) is 19.8. The summed E-state index contributed by atoms with van der Waals surface area (Å²) in [7, 11) is 3.87. The van der Waals surface area contributed by atoms with Crippen molar-refractivity contribution >= 4 is 47.1 Å². The number of nitrogens with one attached hydrogen (secondary N) is 5. The van der Waals surface area contributed by atoms with Crippen LogP contribution in [-0.4, -0.2) is 81.8 Å². The summed E-state index contributed by atoms with van der Waals surface area (Å²) in [5, 5.41) is 33.3. The molecule has 0 aliphatic carbocycles. The molecule has 0 spiro atoms. The maximum absolute atomic E-state index is 14.9. The molecule has 65 heavy (non-hydrogen) atoms. The van der Waals surface area contributed by atoms with Crippen molar-refractivity contribution in [1.82, 2.24) is 26.6 Å². The highest BCUT2D eigenvalue weighted by Crippen LogP contribution is 2.47.